The van der Waals surface area contributed by atoms with Gasteiger partial charge in [0.25, 0.3) is 0 Å². The van der Waals surface area contributed by atoms with Crippen LogP contribution in [0.2, 0.25) is 5.02 Å². The Morgan fingerprint density at radius 3 is 2.88 bits per heavy atom. The Balaban J connectivity index is 1.60. The van der Waals surface area contributed by atoms with E-state index < -0.39 is 5.82 Å². The molecule has 0 N–H and O–H groups in total. The molecular formula is C19H15ClFN3O2. The lowest BCUT2D eigenvalue weighted by molar-refractivity contribution is -0.117. The molecule has 0 aliphatic carbocycles. The van der Waals surface area contributed by atoms with Crippen LogP contribution in [-0.4, -0.2) is 22.6 Å². The quantitative estimate of drug-likeness (QED) is 0.686. The molecule has 1 unspecified atom stereocenters. The first-order chi connectivity index (χ1) is 12.5. The topological polar surface area (TPSA) is 59.2 Å². The lowest BCUT2D eigenvalue weighted by atomic mass is 10.1. The summed E-state index contributed by atoms with van der Waals surface area (Å²) in [7, 11) is 0. The van der Waals surface area contributed by atoms with Gasteiger partial charge in [-0.05, 0) is 30.7 Å². The van der Waals surface area contributed by atoms with Crippen LogP contribution in [0.15, 0.2) is 47.0 Å². The van der Waals surface area contributed by atoms with Gasteiger partial charge in [0.1, 0.15) is 5.82 Å². The van der Waals surface area contributed by atoms with Gasteiger partial charge in [-0.1, -0.05) is 41.0 Å². The Morgan fingerprint density at radius 2 is 2.08 bits per heavy atom. The number of aryl methyl sites for hydroxylation is 1. The predicted molar refractivity (Wildman–Crippen MR) is 95.6 cm³/mol. The molecule has 1 fully saturated rings. The first kappa shape index (κ1) is 16.7. The third-order valence-electron chi connectivity index (χ3n) is 4.50. The van der Waals surface area contributed by atoms with Crippen LogP contribution in [0.5, 0.6) is 0 Å². The second kappa shape index (κ2) is 6.53. The van der Waals surface area contributed by atoms with Crippen LogP contribution < -0.4 is 4.90 Å². The van der Waals surface area contributed by atoms with Crippen molar-refractivity contribution in [2.24, 2.45) is 0 Å². The highest BCUT2D eigenvalue weighted by molar-refractivity contribution is 6.33. The molecular weight excluding hydrogens is 357 g/mol. The maximum Gasteiger partial charge on any atom is 0.232 e. The normalized spacial score (nSPS) is 17.1. The van der Waals surface area contributed by atoms with E-state index in [2.05, 4.69) is 10.1 Å². The Labute approximate surface area is 154 Å². The number of carbonyl (C=O) groups is 1. The van der Waals surface area contributed by atoms with E-state index in [1.54, 1.807) is 0 Å². The number of amides is 1. The highest BCUT2D eigenvalue weighted by Crippen LogP contribution is 2.35. The van der Waals surface area contributed by atoms with Crippen LogP contribution in [-0.2, 0) is 4.79 Å². The predicted octanol–water partition coefficient (Wildman–Crippen LogP) is 4.36. The Morgan fingerprint density at radius 1 is 1.27 bits per heavy atom. The van der Waals surface area contributed by atoms with Crippen molar-refractivity contribution in [1.82, 2.24) is 10.1 Å². The second-order valence-corrected chi connectivity index (χ2v) is 6.68. The van der Waals surface area contributed by atoms with Crippen LogP contribution in [0.25, 0.3) is 11.4 Å². The first-order valence-corrected chi connectivity index (χ1v) is 8.56. The van der Waals surface area contributed by atoms with E-state index in [1.165, 1.54) is 23.1 Å². The van der Waals surface area contributed by atoms with Crippen molar-refractivity contribution in [1.29, 1.82) is 0 Å². The van der Waals surface area contributed by atoms with Crippen molar-refractivity contribution in [3.63, 3.8) is 0 Å². The molecule has 0 radical (unpaired) electrons. The number of halogens is 2. The van der Waals surface area contributed by atoms with E-state index in [9.17, 15) is 9.18 Å². The van der Waals surface area contributed by atoms with Gasteiger partial charge in [0.15, 0.2) is 0 Å². The van der Waals surface area contributed by atoms with E-state index in [0.29, 0.717) is 29.0 Å². The molecule has 1 saturated heterocycles. The summed E-state index contributed by atoms with van der Waals surface area (Å²) in [4.78, 5) is 18.3. The zero-order valence-electron chi connectivity index (χ0n) is 13.9. The molecule has 1 aliphatic heterocycles. The van der Waals surface area contributed by atoms with Gasteiger partial charge in [-0.3, -0.25) is 4.79 Å². The molecule has 1 atom stereocenters. The Bertz CT molecular complexity index is 988. The summed E-state index contributed by atoms with van der Waals surface area (Å²) < 4.78 is 18.9. The SMILES string of the molecule is Cc1ccccc1-c1noc(C2CC(=O)N(c3cc(F)ccc3Cl)C2)n1. The van der Waals surface area contributed by atoms with E-state index in [-0.39, 0.29) is 18.2 Å². The molecule has 132 valence electrons. The van der Waals surface area contributed by atoms with E-state index in [1.807, 2.05) is 31.2 Å². The minimum atomic E-state index is -0.444. The molecule has 0 bridgehead atoms. The fourth-order valence-electron chi connectivity index (χ4n) is 3.13. The number of hydrogen-bond acceptors (Lipinski definition) is 4. The van der Waals surface area contributed by atoms with Gasteiger partial charge in [0, 0.05) is 18.5 Å². The molecule has 3 aromatic rings. The molecule has 5 nitrogen and oxygen atoms in total. The summed E-state index contributed by atoms with van der Waals surface area (Å²) >= 11 is 6.12. The number of carbonyl (C=O) groups excluding carboxylic acids is 1. The van der Waals surface area contributed by atoms with Gasteiger partial charge in [-0.2, -0.15) is 4.98 Å². The first-order valence-electron chi connectivity index (χ1n) is 8.18. The third-order valence-corrected chi connectivity index (χ3v) is 4.82. The average Bonchev–Trinajstić information content (AvgIpc) is 3.24. The molecule has 4 rings (SSSR count). The summed E-state index contributed by atoms with van der Waals surface area (Å²) in [6.07, 6.45) is 0.211. The number of hydrogen-bond donors (Lipinski definition) is 0. The van der Waals surface area contributed by atoms with Crippen molar-refractivity contribution >= 4 is 23.2 Å². The summed E-state index contributed by atoms with van der Waals surface area (Å²) in [5, 5.41) is 4.37. The van der Waals surface area contributed by atoms with Crippen molar-refractivity contribution in [3.05, 3.63) is 64.8 Å². The zero-order chi connectivity index (χ0) is 18.3. The van der Waals surface area contributed by atoms with Gasteiger partial charge in [-0.25, -0.2) is 4.39 Å². The monoisotopic (exact) mass is 371 g/mol. The maximum absolute atomic E-state index is 13.5. The van der Waals surface area contributed by atoms with E-state index in [4.69, 9.17) is 16.1 Å². The highest BCUT2D eigenvalue weighted by atomic mass is 35.5. The minimum Gasteiger partial charge on any atom is -0.339 e. The second-order valence-electron chi connectivity index (χ2n) is 6.27. The standard InChI is InChI=1S/C19H15ClFN3O2/c1-11-4-2-3-5-14(11)18-22-19(26-23-18)12-8-17(25)24(10-12)16-9-13(21)6-7-15(16)20/h2-7,9,12H,8,10H2,1H3. The molecule has 26 heavy (non-hydrogen) atoms. The lowest BCUT2D eigenvalue weighted by Gasteiger charge is -2.17. The van der Waals surface area contributed by atoms with Gasteiger partial charge < -0.3 is 9.42 Å². The summed E-state index contributed by atoms with van der Waals surface area (Å²) in [6.45, 7) is 2.29. The van der Waals surface area contributed by atoms with Crippen LogP contribution in [0, 0.1) is 12.7 Å². The maximum atomic E-state index is 13.5. The van der Waals surface area contributed by atoms with Gasteiger partial charge in [0.05, 0.1) is 16.6 Å². The number of rotatable bonds is 3. The molecule has 2 heterocycles. The molecule has 1 aromatic heterocycles. The smallest absolute Gasteiger partial charge is 0.232 e. The lowest BCUT2D eigenvalue weighted by Crippen LogP contribution is -2.24. The van der Waals surface area contributed by atoms with E-state index in [0.717, 1.165) is 11.1 Å². The number of benzene rings is 2. The minimum absolute atomic E-state index is 0.154. The van der Waals surface area contributed by atoms with Crippen molar-refractivity contribution in [3.8, 4) is 11.4 Å². The molecule has 0 spiro atoms. The van der Waals surface area contributed by atoms with Crippen LogP contribution in [0.4, 0.5) is 10.1 Å². The number of nitrogens with zero attached hydrogens (tertiary/aromatic N) is 3. The molecule has 1 aliphatic rings. The molecule has 2 aromatic carbocycles. The number of aromatic nitrogens is 2. The summed E-state index contributed by atoms with van der Waals surface area (Å²) in [5.74, 6) is 0.0324. The summed E-state index contributed by atoms with van der Waals surface area (Å²) in [6, 6.07) is 11.7. The summed E-state index contributed by atoms with van der Waals surface area (Å²) in [5.41, 5.74) is 2.28. The van der Waals surface area contributed by atoms with Crippen LogP contribution in [0.3, 0.4) is 0 Å². The average molecular weight is 372 g/mol. The van der Waals surface area contributed by atoms with Gasteiger partial charge in [0.2, 0.25) is 17.6 Å². The third kappa shape index (κ3) is 2.97. The zero-order valence-corrected chi connectivity index (χ0v) is 14.7. The Kier molecular flexibility index (Phi) is 4.20. The fourth-order valence-corrected chi connectivity index (χ4v) is 3.35. The van der Waals surface area contributed by atoms with Crippen LogP contribution >= 0.6 is 11.6 Å². The highest BCUT2D eigenvalue weighted by Gasteiger charge is 2.36. The van der Waals surface area contributed by atoms with E-state index >= 15 is 0 Å². The number of anilines is 1. The van der Waals surface area contributed by atoms with Crippen molar-refractivity contribution in [2.45, 2.75) is 19.3 Å². The van der Waals surface area contributed by atoms with Gasteiger partial charge in [-0.15, -0.1) is 0 Å². The molecule has 1 amide bonds. The van der Waals surface area contributed by atoms with Crippen molar-refractivity contribution < 1.29 is 13.7 Å². The molecule has 7 heteroatoms. The Hall–Kier alpha value is -2.73. The fraction of sp³-hybridized carbons (Fsp3) is 0.211. The van der Waals surface area contributed by atoms with Crippen molar-refractivity contribution in [2.75, 3.05) is 11.4 Å². The van der Waals surface area contributed by atoms with Gasteiger partial charge >= 0.3 is 0 Å². The largest absolute Gasteiger partial charge is 0.339 e. The van der Waals surface area contributed by atoms with Crippen LogP contribution in [0.1, 0.15) is 23.8 Å². The molecule has 0 saturated carbocycles.